The van der Waals surface area contributed by atoms with E-state index in [2.05, 4.69) is 5.32 Å². The third-order valence-corrected chi connectivity index (χ3v) is 3.71. The Morgan fingerprint density at radius 1 is 1.33 bits per heavy atom. The number of nitriles is 1. The maximum absolute atomic E-state index is 10.0. The summed E-state index contributed by atoms with van der Waals surface area (Å²) in [6, 6.07) is 8.82. The number of aliphatic hydroxyl groups excluding tert-OH is 1. The highest BCUT2D eigenvalue weighted by molar-refractivity contribution is 5.36. The van der Waals surface area contributed by atoms with Crippen molar-refractivity contribution < 1.29 is 14.9 Å². The Kier molecular flexibility index (Phi) is 5.73. The number of nitrogens with one attached hydrogen (secondary N) is 1. The molecule has 0 radical (unpaired) electrons. The molecule has 0 saturated heterocycles. The summed E-state index contributed by atoms with van der Waals surface area (Å²) in [5.74, 6) is 0.551. The Labute approximate surface area is 126 Å². The van der Waals surface area contributed by atoms with Crippen molar-refractivity contribution in [1.29, 1.82) is 5.26 Å². The molecule has 1 aromatic carbocycles. The number of hydrogen-bond acceptors (Lipinski definition) is 5. The van der Waals surface area contributed by atoms with Gasteiger partial charge < -0.3 is 20.3 Å². The molecule has 5 nitrogen and oxygen atoms in total. The first kappa shape index (κ1) is 17.4. The molecule has 3 N–H and O–H groups in total. The fourth-order valence-electron chi connectivity index (χ4n) is 1.50. The van der Waals surface area contributed by atoms with E-state index in [-0.39, 0.29) is 6.61 Å². The Morgan fingerprint density at radius 3 is 2.57 bits per heavy atom. The summed E-state index contributed by atoms with van der Waals surface area (Å²) in [5, 5.41) is 31.9. The second kappa shape index (κ2) is 6.90. The number of benzene rings is 1. The summed E-state index contributed by atoms with van der Waals surface area (Å²) >= 11 is 0. The molecule has 1 atom stereocenters. The molecular formula is C16H24N2O3. The lowest BCUT2D eigenvalue weighted by Crippen LogP contribution is -2.57. The molecule has 0 spiro atoms. The average molecular weight is 292 g/mol. The van der Waals surface area contributed by atoms with E-state index in [9.17, 15) is 10.2 Å². The molecule has 0 amide bonds. The minimum absolute atomic E-state index is 0.115. The molecule has 0 heterocycles. The van der Waals surface area contributed by atoms with Crippen molar-refractivity contribution in [3.63, 3.8) is 0 Å². The fraction of sp³-hybridized carbons (Fsp3) is 0.562. The highest BCUT2D eigenvalue weighted by Crippen LogP contribution is 2.20. The Hall–Kier alpha value is -1.61. The van der Waals surface area contributed by atoms with Crippen molar-refractivity contribution >= 4 is 0 Å². The molecule has 0 aromatic heterocycles. The summed E-state index contributed by atoms with van der Waals surface area (Å²) in [6.45, 7) is 7.60. The van der Waals surface area contributed by atoms with Gasteiger partial charge in [0.05, 0.1) is 17.2 Å². The lowest BCUT2D eigenvalue weighted by Gasteiger charge is -2.38. The van der Waals surface area contributed by atoms with Crippen LogP contribution in [-0.2, 0) is 0 Å². The third-order valence-electron chi connectivity index (χ3n) is 3.71. The number of nitrogens with zero attached hydrogens (tertiary/aromatic N) is 1. The summed E-state index contributed by atoms with van der Waals surface area (Å²) in [5.41, 5.74) is -0.924. The van der Waals surface area contributed by atoms with Gasteiger partial charge >= 0.3 is 0 Å². The topological polar surface area (TPSA) is 85.5 Å². The van der Waals surface area contributed by atoms with Crippen molar-refractivity contribution in [2.75, 3.05) is 13.2 Å². The molecule has 1 rings (SSSR count). The van der Waals surface area contributed by atoms with Crippen molar-refractivity contribution in [3.05, 3.63) is 29.8 Å². The van der Waals surface area contributed by atoms with E-state index >= 15 is 0 Å². The van der Waals surface area contributed by atoms with Gasteiger partial charge in [-0.15, -0.1) is 0 Å². The van der Waals surface area contributed by atoms with Crippen LogP contribution in [0.5, 0.6) is 5.75 Å². The van der Waals surface area contributed by atoms with Crippen LogP contribution in [0, 0.1) is 11.3 Å². The molecule has 21 heavy (non-hydrogen) atoms. The van der Waals surface area contributed by atoms with E-state index in [1.54, 1.807) is 38.1 Å². The first-order valence-corrected chi connectivity index (χ1v) is 6.94. The largest absolute Gasteiger partial charge is 0.491 e. The summed E-state index contributed by atoms with van der Waals surface area (Å²) in [4.78, 5) is 0. The van der Waals surface area contributed by atoms with Crippen LogP contribution in [0.25, 0.3) is 0 Å². The monoisotopic (exact) mass is 292 g/mol. The second-order valence-corrected chi connectivity index (χ2v) is 6.17. The van der Waals surface area contributed by atoms with Gasteiger partial charge in [0.25, 0.3) is 0 Å². The summed E-state index contributed by atoms with van der Waals surface area (Å²) in [7, 11) is 0. The fourth-order valence-corrected chi connectivity index (χ4v) is 1.50. The van der Waals surface area contributed by atoms with Crippen LogP contribution in [-0.4, -0.2) is 40.6 Å². The van der Waals surface area contributed by atoms with Gasteiger partial charge in [0.1, 0.15) is 18.5 Å². The molecule has 116 valence electrons. The van der Waals surface area contributed by atoms with E-state index < -0.39 is 17.2 Å². The van der Waals surface area contributed by atoms with Crippen LogP contribution in [0.3, 0.4) is 0 Å². The Morgan fingerprint density at radius 2 is 2.00 bits per heavy atom. The van der Waals surface area contributed by atoms with Crippen LogP contribution in [0.4, 0.5) is 0 Å². The van der Waals surface area contributed by atoms with Gasteiger partial charge in [-0.25, -0.2) is 0 Å². The smallest absolute Gasteiger partial charge is 0.120 e. The van der Waals surface area contributed by atoms with Gasteiger partial charge in [0.2, 0.25) is 0 Å². The maximum Gasteiger partial charge on any atom is 0.120 e. The summed E-state index contributed by atoms with van der Waals surface area (Å²) < 4.78 is 5.46. The van der Waals surface area contributed by atoms with Crippen molar-refractivity contribution in [2.45, 2.75) is 44.9 Å². The number of aliphatic hydroxyl groups is 2. The van der Waals surface area contributed by atoms with Crippen LogP contribution in [0.15, 0.2) is 24.3 Å². The summed E-state index contributed by atoms with van der Waals surface area (Å²) in [6.07, 6.45) is -0.711. The zero-order valence-electron chi connectivity index (χ0n) is 13.1. The van der Waals surface area contributed by atoms with Gasteiger partial charge in [-0.2, -0.15) is 5.26 Å². The van der Waals surface area contributed by atoms with E-state index in [0.717, 1.165) is 0 Å². The van der Waals surface area contributed by atoms with Gasteiger partial charge in [-0.05, 0) is 45.9 Å². The molecule has 0 saturated carbocycles. The van der Waals surface area contributed by atoms with Gasteiger partial charge in [-0.1, -0.05) is 6.07 Å². The van der Waals surface area contributed by atoms with Crippen molar-refractivity contribution in [3.8, 4) is 11.8 Å². The van der Waals surface area contributed by atoms with Crippen LogP contribution < -0.4 is 10.1 Å². The zero-order chi connectivity index (χ0) is 16.1. The molecular weight excluding hydrogens is 268 g/mol. The molecule has 1 aromatic rings. The van der Waals surface area contributed by atoms with Crippen LogP contribution in [0.1, 0.15) is 33.3 Å². The molecule has 5 heteroatoms. The lowest BCUT2D eigenvalue weighted by atomic mass is 9.86. The minimum atomic E-state index is -0.908. The van der Waals surface area contributed by atoms with Crippen LogP contribution >= 0.6 is 0 Å². The Balaban J connectivity index is 2.44. The van der Waals surface area contributed by atoms with Crippen LogP contribution in [0.2, 0.25) is 0 Å². The molecule has 0 aliphatic carbocycles. The number of hydrogen-bond donors (Lipinski definition) is 3. The van der Waals surface area contributed by atoms with E-state index in [0.29, 0.717) is 17.9 Å². The molecule has 0 aliphatic rings. The predicted octanol–water partition coefficient (Wildman–Crippen LogP) is 1.44. The number of rotatable bonds is 7. The maximum atomic E-state index is 10.0. The molecule has 0 aliphatic heterocycles. The SMILES string of the molecule is CC(C)(O)C(C)(C)NCC(O)COc1cccc(C#N)c1. The highest BCUT2D eigenvalue weighted by Gasteiger charge is 2.34. The second-order valence-electron chi connectivity index (χ2n) is 6.17. The number of ether oxygens (including phenoxy) is 1. The Bertz CT molecular complexity index is 501. The predicted molar refractivity (Wildman–Crippen MR) is 81.0 cm³/mol. The third kappa shape index (κ3) is 5.35. The van der Waals surface area contributed by atoms with E-state index in [1.807, 2.05) is 19.9 Å². The first-order valence-electron chi connectivity index (χ1n) is 6.94. The normalized spacial score (nSPS) is 13.6. The van der Waals surface area contributed by atoms with Gasteiger partial charge in [-0.3, -0.25) is 0 Å². The van der Waals surface area contributed by atoms with Gasteiger partial charge in [0.15, 0.2) is 0 Å². The molecule has 0 bridgehead atoms. The zero-order valence-corrected chi connectivity index (χ0v) is 13.1. The molecule has 1 unspecified atom stereocenters. The quantitative estimate of drug-likeness (QED) is 0.708. The van der Waals surface area contributed by atoms with Crippen molar-refractivity contribution in [2.24, 2.45) is 0 Å². The lowest BCUT2D eigenvalue weighted by molar-refractivity contribution is -0.0120. The first-order chi connectivity index (χ1) is 9.65. The van der Waals surface area contributed by atoms with Crippen molar-refractivity contribution in [1.82, 2.24) is 5.32 Å². The van der Waals surface area contributed by atoms with E-state index in [1.165, 1.54) is 0 Å². The molecule has 0 fully saturated rings. The van der Waals surface area contributed by atoms with E-state index in [4.69, 9.17) is 10.00 Å². The average Bonchev–Trinajstić information content (AvgIpc) is 2.42. The highest BCUT2D eigenvalue weighted by atomic mass is 16.5. The minimum Gasteiger partial charge on any atom is -0.491 e. The number of β-amino-alcohol motifs (C(OH)–C–C–N with tert-alkyl or cyclic N) is 1. The standard InChI is InChI=1S/C16H24N2O3/c1-15(2,16(3,4)20)18-10-13(19)11-21-14-7-5-6-12(8-14)9-17/h5-8,13,18-20H,10-11H2,1-4H3. The van der Waals surface area contributed by atoms with Gasteiger partial charge in [0, 0.05) is 12.1 Å².